The first-order chi connectivity index (χ1) is 21.2. The van der Waals surface area contributed by atoms with Crippen LogP contribution >= 0.6 is 62.3 Å². The number of nitrogens with one attached hydrogen (secondary N) is 1. The maximum Gasteiger partial charge on any atom is 0.252 e. The number of carbonyl (C=O) groups excluding carboxylic acids is 1. The number of carbonyl (C=O) groups is 1. The molecule has 0 aromatic heterocycles. The summed E-state index contributed by atoms with van der Waals surface area (Å²) >= 11 is 29.0. The van der Waals surface area contributed by atoms with Crippen molar-refractivity contribution in [3.05, 3.63) is 132 Å². The van der Waals surface area contributed by atoms with E-state index in [9.17, 15) is 4.79 Å². The van der Waals surface area contributed by atoms with Crippen LogP contribution in [0.15, 0.2) is 94.4 Å². The number of hydrogen-bond donors (Lipinski definition) is 2. The highest BCUT2D eigenvalue weighted by Crippen LogP contribution is 2.45. The molecular weight excluding hydrogens is 710 g/mol. The number of halogens is 5. The zero-order valence-electron chi connectivity index (χ0n) is 23.2. The van der Waals surface area contributed by atoms with Crippen LogP contribution in [-0.4, -0.2) is 35.7 Å². The van der Waals surface area contributed by atoms with Gasteiger partial charge < -0.3 is 19.9 Å². The van der Waals surface area contributed by atoms with Crippen LogP contribution in [0, 0.1) is 0 Å². The van der Waals surface area contributed by atoms with Crippen LogP contribution in [0.1, 0.15) is 34.8 Å². The number of aliphatic hydroxyl groups is 1. The Morgan fingerprint density at radius 1 is 0.955 bits per heavy atom. The minimum Gasteiger partial charge on any atom is -0.494 e. The molecular formula is C33H27BrCl4N2O4. The molecule has 11 heteroatoms. The highest BCUT2D eigenvalue weighted by molar-refractivity contribution is 9.10. The SMILES string of the molecule is O=C(NCc1ccc(Cl)c(Cl)c1)[C@]1(Cc2ccccc2Br)N=C(c2ccc(OCCCO)cc2)O[C@@H]1c1ccc(Cl)cc1Cl. The maximum atomic E-state index is 14.5. The lowest BCUT2D eigenvalue weighted by Crippen LogP contribution is -2.49. The number of aliphatic imine (C=N–C) groups is 1. The molecule has 1 aliphatic heterocycles. The molecule has 0 fully saturated rings. The van der Waals surface area contributed by atoms with Gasteiger partial charge in [0, 0.05) is 51.6 Å². The second-order valence-electron chi connectivity index (χ2n) is 10.2. The molecule has 0 aliphatic carbocycles. The van der Waals surface area contributed by atoms with Crippen molar-refractivity contribution in [1.82, 2.24) is 5.32 Å². The van der Waals surface area contributed by atoms with Gasteiger partial charge in [-0.1, -0.05) is 92.7 Å². The largest absolute Gasteiger partial charge is 0.494 e. The number of aliphatic hydroxyl groups excluding tert-OH is 1. The molecule has 5 rings (SSSR count). The molecule has 1 aliphatic rings. The molecule has 0 bridgehead atoms. The van der Waals surface area contributed by atoms with Gasteiger partial charge in [-0.15, -0.1) is 0 Å². The smallest absolute Gasteiger partial charge is 0.252 e. The first-order valence-corrected chi connectivity index (χ1v) is 16.0. The summed E-state index contributed by atoms with van der Waals surface area (Å²) in [4.78, 5) is 19.5. The van der Waals surface area contributed by atoms with Gasteiger partial charge in [0.1, 0.15) is 5.75 Å². The fourth-order valence-corrected chi connectivity index (χ4v) is 6.14. The van der Waals surface area contributed by atoms with Crippen molar-refractivity contribution in [2.24, 2.45) is 4.99 Å². The Hall–Kier alpha value is -2.78. The van der Waals surface area contributed by atoms with Crippen LogP contribution in [0.2, 0.25) is 20.1 Å². The highest BCUT2D eigenvalue weighted by Gasteiger charge is 2.54. The molecule has 4 aromatic rings. The summed E-state index contributed by atoms with van der Waals surface area (Å²) in [6.07, 6.45) is -0.184. The van der Waals surface area contributed by atoms with E-state index >= 15 is 0 Å². The topological polar surface area (TPSA) is 80.2 Å². The van der Waals surface area contributed by atoms with Crippen molar-refractivity contribution in [2.75, 3.05) is 13.2 Å². The lowest BCUT2D eigenvalue weighted by atomic mass is 9.82. The van der Waals surface area contributed by atoms with Crippen molar-refractivity contribution in [3.8, 4) is 5.75 Å². The first kappa shape index (κ1) is 32.6. The molecule has 0 unspecified atom stereocenters. The van der Waals surface area contributed by atoms with E-state index < -0.39 is 11.6 Å². The summed E-state index contributed by atoms with van der Waals surface area (Å²) in [6.45, 7) is 0.613. The minimum absolute atomic E-state index is 0.0457. The third-order valence-electron chi connectivity index (χ3n) is 7.13. The Morgan fingerprint density at radius 2 is 1.73 bits per heavy atom. The third kappa shape index (κ3) is 7.36. The summed E-state index contributed by atoms with van der Waals surface area (Å²) in [5, 5.41) is 13.7. The van der Waals surface area contributed by atoms with Gasteiger partial charge in [0.25, 0.3) is 5.91 Å². The molecule has 2 N–H and O–H groups in total. The fourth-order valence-electron chi connectivity index (χ4n) is 4.89. The summed E-state index contributed by atoms with van der Waals surface area (Å²) < 4.78 is 13.1. The van der Waals surface area contributed by atoms with Crippen molar-refractivity contribution in [1.29, 1.82) is 0 Å². The Morgan fingerprint density at radius 3 is 2.43 bits per heavy atom. The second kappa shape index (κ2) is 14.5. The molecule has 0 spiro atoms. The lowest BCUT2D eigenvalue weighted by Gasteiger charge is -2.31. The Bertz CT molecular complexity index is 1690. The summed E-state index contributed by atoms with van der Waals surface area (Å²) in [5.41, 5.74) is 1.37. The van der Waals surface area contributed by atoms with E-state index in [0.29, 0.717) is 50.0 Å². The predicted molar refractivity (Wildman–Crippen MR) is 179 cm³/mol. The van der Waals surface area contributed by atoms with E-state index in [4.69, 9.17) is 66.0 Å². The number of benzene rings is 4. The minimum atomic E-state index is -1.47. The van der Waals surface area contributed by atoms with Gasteiger partial charge in [-0.05, 0) is 65.7 Å². The highest BCUT2D eigenvalue weighted by atomic mass is 79.9. The molecule has 2 atom stereocenters. The molecule has 1 amide bonds. The molecule has 4 aromatic carbocycles. The van der Waals surface area contributed by atoms with E-state index in [0.717, 1.165) is 15.6 Å². The van der Waals surface area contributed by atoms with E-state index in [2.05, 4.69) is 21.2 Å². The van der Waals surface area contributed by atoms with E-state index in [1.807, 2.05) is 36.4 Å². The summed E-state index contributed by atoms with van der Waals surface area (Å²) in [7, 11) is 0. The Labute approximate surface area is 284 Å². The molecule has 0 saturated carbocycles. The third-order valence-corrected chi connectivity index (χ3v) is 9.20. The van der Waals surface area contributed by atoms with Crippen LogP contribution < -0.4 is 10.1 Å². The van der Waals surface area contributed by atoms with Crippen molar-refractivity contribution in [3.63, 3.8) is 0 Å². The number of hydrogen-bond acceptors (Lipinski definition) is 5. The van der Waals surface area contributed by atoms with Crippen LogP contribution in [-0.2, 0) is 22.5 Å². The standard InChI is InChI=1S/C33H27BrCl4N2O4/c34-26-5-2-1-4-22(26)18-33(32(42)39-19-20-6-13-27(36)29(38)16-20)30(25-12-9-23(35)17-28(25)37)44-31(40-33)21-7-10-24(11-8-21)43-15-3-14-41/h1-2,4-13,16-17,30,41H,3,14-15,18-19H2,(H,39,42)/t30-,33-/m1/s1. The average Bonchev–Trinajstić information content (AvgIpc) is 3.39. The fraction of sp³-hybridized carbons (Fsp3) is 0.212. The predicted octanol–water partition coefficient (Wildman–Crippen LogP) is 8.64. The van der Waals surface area contributed by atoms with Gasteiger partial charge in [0.05, 0.1) is 16.7 Å². The van der Waals surface area contributed by atoms with Gasteiger partial charge >= 0.3 is 0 Å². The van der Waals surface area contributed by atoms with Crippen molar-refractivity contribution in [2.45, 2.75) is 31.0 Å². The molecule has 6 nitrogen and oxygen atoms in total. The monoisotopic (exact) mass is 734 g/mol. The number of nitrogens with zero attached hydrogens (tertiary/aromatic N) is 1. The number of rotatable bonds is 11. The van der Waals surface area contributed by atoms with Crippen molar-refractivity contribution < 1.29 is 19.4 Å². The number of amides is 1. The van der Waals surface area contributed by atoms with Crippen molar-refractivity contribution >= 4 is 74.1 Å². The Kier molecular flexibility index (Phi) is 10.8. The molecule has 228 valence electrons. The van der Waals surface area contributed by atoms with Gasteiger partial charge in [-0.3, -0.25) is 4.79 Å². The summed E-state index contributed by atoms with van der Waals surface area (Å²) in [5.74, 6) is 0.547. The van der Waals surface area contributed by atoms with E-state index in [-0.39, 0.29) is 31.4 Å². The first-order valence-electron chi connectivity index (χ1n) is 13.7. The second-order valence-corrected chi connectivity index (χ2v) is 12.7. The zero-order chi connectivity index (χ0) is 31.3. The molecule has 0 saturated heterocycles. The van der Waals surface area contributed by atoms with E-state index in [1.165, 1.54) is 0 Å². The summed E-state index contributed by atoms with van der Waals surface area (Å²) in [6, 6.07) is 25.2. The molecule has 0 radical (unpaired) electrons. The lowest BCUT2D eigenvalue weighted by molar-refractivity contribution is -0.129. The molecule has 44 heavy (non-hydrogen) atoms. The number of ether oxygens (including phenoxy) is 2. The maximum absolute atomic E-state index is 14.5. The van der Waals surface area contributed by atoms with Crippen LogP contribution in [0.3, 0.4) is 0 Å². The van der Waals surface area contributed by atoms with Crippen LogP contribution in [0.25, 0.3) is 0 Å². The van der Waals surface area contributed by atoms with Gasteiger partial charge in [-0.2, -0.15) is 0 Å². The van der Waals surface area contributed by atoms with Gasteiger partial charge in [0.15, 0.2) is 11.6 Å². The average molecular weight is 737 g/mol. The van der Waals surface area contributed by atoms with E-state index in [1.54, 1.807) is 48.5 Å². The molecule has 1 heterocycles. The quantitative estimate of drug-likeness (QED) is 0.151. The van der Waals surface area contributed by atoms with Crippen LogP contribution in [0.4, 0.5) is 0 Å². The van der Waals surface area contributed by atoms with Gasteiger partial charge in [0.2, 0.25) is 5.90 Å². The normalized spacial score (nSPS) is 17.6. The zero-order valence-corrected chi connectivity index (χ0v) is 27.8. The van der Waals surface area contributed by atoms with Gasteiger partial charge in [-0.25, -0.2) is 4.99 Å². The Balaban J connectivity index is 1.58. The van der Waals surface area contributed by atoms with Crippen LogP contribution in [0.5, 0.6) is 5.75 Å².